The second-order valence-electron chi connectivity index (χ2n) is 4.57. The number of hydrogen-bond donors (Lipinski definition) is 4. The Morgan fingerprint density at radius 2 is 1.96 bits per heavy atom. The summed E-state index contributed by atoms with van der Waals surface area (Å²) in [6.07, 6.45) is 1.13. The maximum Gasteiger partial charge on any atom is 0.295 e. The highest BCUT2D eigenvalue weighted by Crippen LogP contribution is 2.28. The molecule has 5 N–H and O–H groups in total. The summed E-state index contributed by atoms with van der Waals surface area (Å²) in [5.41, 5.74) is 1.92. The van der Waals surface area contributed by atoms with E-state index in [1.54, 1.807) is 0 Å². The first kappa shape index (κ1) is 17.2. The van der Waals surface area contributed by atoms with Crippen molar-refractivity contribution in [1.82, 2.24) is 0 Å². The van der Waals surface area contributed by atoms with E-state index in [-0.39, 0.29) is 17.0 Å². The highest BCUT2D eigenvalue weighted by Gasteiger charge is 2.18. The van der Waals surface area contributed by atoms with Gasteiger partial charge in [0.1, 0.15) is 5.69 Å². The van der Waals surface area contributed by atoms with Crippen molar-refractivity contribution in [1.29, 1.82) is 0 Å². The van der Waals surface area contributed by atoms with Gasteiger partial charge in [-0.3, -0.25) is 15.5 Å². The predicted molar refractivity (Wildman–Crippen MR) is 85.5 cm³/mol. The summed E-state index contributed by atoms with van der Waals surface area (Å²) in [6.45, 7) is 0. The molecule has 0 bridgehead atoms. The molecule has 0 unspecified atom stereocenters. The summed E-state index contributed by atoms with van der Waals surface area (Å²) in [7, 11) is -4.08. The van der Waals surface area contributed by atoms with Crippen LogP contribution in [0.3, 0.4) is 0 Å². The molecule has 0 atom stereocenters. The van der Waals surface area contributed by atoms with E-state index in [2.05, 4.69) is 10.5 Å². The van der Waals surface area contributed by atoms with E-state index in [1.807, 2.05) is 0 Å². The van der Waals surface area contributed by atoms with Gasteiger partial charge in [0.25, 0.3) is 5.69 Å². The van der Waals surface area contributed by atoms with Crippen LogP contribution in [0.2, 0.25) is 0 Å². The number of phenolic OH excluding ortho intramolecular Hbond substituents is 2. The van der Waals surface area contributed by atoms with Crippen LogP contribution >= 0.6 is 0 Å². The fraction of sp³-hybridized carbons (Fsp3) is 0. The number of nitrogens with zero attached hydrogens (tertiary/aromatic N) is 2. The summed E-state index contributed by atoms with van der Waals surface area (Å²) >= 11 is 0. The molecule has 0 amide bonds. The van der Waals surface area contributed by atoms with Crippen LogP contribution in [0.15, 0.2) is 46.4 Å². The molecule has 11 heteroatoms. The molecule has 10 nitrogen and oxygen atoms in total. The predicted octanol–water partition coefficient (Wildman–Crippen LogP) is 1.10. The van der Waals surface area contributed by atoms with E-state index in [0.29, 0.717) is 0 Å². The third kappa shape index (κ3) is 3.77. The van der Waals surface area contributed by atoms with Gasteiger partial charge < -0.3 is 10.2 Å². The summed E-state index contributed by atoms with van der Waals surface area (Å²) in [4.78, 5) is 9.84. The number of primary sulfonamides is 1. The van der Waals surface area contributed by atoms with Gasteiger partial charge in [-0.15, -0.1) is 0 Å². The number of nitro groups is 1. The lowest BCUT2D eigenvalue weighted by molar-refractivity contribution is -0.384. The standard InChI is InChI=1S/C13H12N4O6S/c14-24(22,23)9-4-5-10(11(6-9)17(20)21)16-15-7-8-2-1-3-12(18)13(8)19/h1-7,16,18-19H,(H2,14,22,23). The molecular formula is C13H12N4O6S. The van der Waals surface area contributed by atoms with Gasteiger partial charge in [-0.25, -0.2) is 13.6 Å². The van der Waals surface area contributed by atoms with E-state index >= 15 is 0 Å². The van der Waals surface area contributed by atoms with Gasteiger partial charge in [-0.1, -0.05) is 6.07 Å². The Kier molecular flexibility index (Phi) is 4.66. The smallest absolute Gasteiger partial charge is 0.295 e. The zero-order valence-corrected chi connectivity index (χ0v) is 12.8. The summed E-state index contributed by atoms with van der Waals surface area (Å²) < 4.78 is 22.5. The zero-order chi connectivity index (χ0) is 17.9. The van der Waals surface area contributed by atoms with E-state index in [0.717, 1.165) is 24.4 Å². The van der Waals surface area contributed by atoms with Gasteiger partial charge in [0, 0.05) is 11.6 Å². The van der Waals surface area contributed by atoms with Crippen LogP contribution in [0.1, 0.15) is 5.56 Å². The molecule has 2 rings (SSSR count). The Morgan fingerprint density at radius 1 is 1.25 bits per heavy atom. The fourth-order valence-corrected chi connectivity index (χ4v) is 2.29. The normalized spacial score (nSPS) is 11.5. The second kappa shape index (κ2) is 6.52. The molecule has 0 aliphatic heterocycles. The van der Waals surface area contributed by atoms with E-state index in [4.69, 9.17) is 5.14 Å². The van der Waals surface area contributed by atoms with Gasteiger partial charge in [-0.05, 0) is 24.3 Å². The summed E-state index contributed by atoms with van der Waals surface area (Å²) in [5, 5.41) is 38.6. The maximum atomic E-state index is 11.2. The number of hydrazone groups is 1. The van der Waals surface area contributed by atoms with Crippen molar-refractivity contribution in [3.05, 3.63) is 52.1 Å². The van der Waals surface area contributed by atoms with E-state index in [1.165, 1.54) is 18.2 Å². The minimum absolute atomic E-state index is 0.0803. The molecule has 0 aromatic heterocycles. The molecule has 0 saturated carbocycles. The van der Waals surface area contributed by atoms with Crippen LogP contribution < -0.4 is 10.6 Å². The first-order valence-corrected chi connectivity index (χ1v) is 7.86. The minimum atomic E-state index is -4.08. The molecule has 0 heterocycles. The number of phenols is 2. The van der Waals surface area contributed by atoms with Crippen LogP contribution in [0.4, 0.5) is 11.4 Å². The van der Waals surface area contributed by atoms with Crippen molar-refractivity contribution in [3.8, 4) is 11.5 Å². The number of aromatic hydroxyl groups is 2. The number of rotatable bonds is 5. The number of hydrogen-bond acceptors (Lipinski definition) is 8. The molecule has 2 aromatic rings. The number of nitrogens with two attached hydrogens (primary N) is 1. The first-order chi connectivity index (χ1) is 11.2. The van der Waals surface area contributed by atoms with Crippen LogP contribution in [0.25, 0.3) is 0 Å². The largest absolute Gasteiger partial charge is 0.504 e. The number of sulfonamides is 1. The highest BCUT2D eigenvalue weighted by molar-refractivity contribution is 7.89. The third-order valence-electron chi connectivity index (χ3n) is 2.93. The number of para-hydroxylation sites is 1. The van der Waals surface area contributed by atoms with E-state index in [9.17, 15) is 28.7 Å². The number of nitro benzene ring substituents is 1. The lowest BCUT2D eigenvalue weighted by atomic mass is 10.2. The van der Waals surface area contributed by atoms with Crippen molar-refractivity contribution in [2.75, 3.05) is 5.43 Å². The Labute approximate surface area is 136 Å². The molecule has 0 aliphatic rings. The second-order valence-corrected chi connectivity index (χ2v) is 6.13. The number of benzene rings is 2. The van der Waals surface area contributed by atoms with Gasteiger partial charge in [-0.2, -0.15) is 5.10 Å². The van der Waals surface area contributed by atoms with Crippen LogP contribution in [0, 0.1) is 10.1 Å². The quantitative estimate of drug-likeness (QED) is 0.270. The minimum Gasteiger partial charge on any atom is -0.504 e. The van der Waals surface area contributed by atoms with Gasteiger partial charge >= 0.3 is 0 Å². The third-order valence-corrected chi connectivity index (χ3v) is 3.84. The van der Waals surface area contributed by atoms with Crippen molar-refractivity contribution in [2.24, 2.45) is 10.2 Å². The fourth-order valence-electron chi connectivity index (χ4n) is 1.76. The molecule has 126 valence electrons. The molecule has 0 aliphatic carbocycles. The average Bonchev–Trinajstić information content (AvgIpc) is 2.50. The van der Waals surface area contributed by atoms with Gasteiger partial charge in [0.15, 0.2) is 11.5 Å². The van der Waals surface area contributed by atoms with Crippen LogP contribution in [-0.2, 0) is 10.0 Å². The summed E-state index contributed by atoms with van der Waals surface area (Å²) in [6, 6.07) is 7.23. The maximum absolute atomic E-state index is 11.2. The zero-order valence-electron chi connectivity index (χ0n) is 11.9. The Morgan fingerprint density at radius 3 is 2.58 bits per heavy atom. The Hall–Kier alpha value is -3.18. The molecule has 2 aromatic carbocycles. The average molecular weight is 352 g/mol. The monoisotopic (exact) mass is 352 g/mol. The van der Waals surface area contributed by atoms with E-state index < -0.39 is 31.3 Å². The molecule has 0 spiro atoms. The van der Waals surface area contributed by atoms with Crippen molar-refractivity contribution in [3.63, 3.8) is 0 Å². The lowest BCUT2D eigenvalue weighted by Crippen LogP contribution is -2.12. The van der Waals surface area contributed by atoms with Gasteiger partial charge in [0.2, 0.25) is 10.0 Å². The van der Waals surface area contributed by atoms with Crippen molar-refractivity contribution >= 4 is 27.6 Å². The SMILES string of the molecule is NS(=O)(=O)c1ccc(NN=Cc2cccc(O)c2O)c([N+](=O)[O-])c1. The molecular weight excluding hydrogens is 340 g/mol. The van der Waals surface area contributed by atoms with Crippen molar-refractivity contribution in [2.45, 2.75) is 4.90 Å². The molecule has 0 fully saturated rings. The van der Waals surface area contributed by atoms with Crippen molar-refractivity contribution < 1.29 is 23.6 Å². The highest BCUT2D eigenvalue weighted by atomic mass is 32.2. The van der Waals surface area contributed by atoms with Crippen LogP contribution in [-0.4, -0.2) is 29.8 Å². The molecule has 0 saturated heterocycles. The molecule has 0 radical (unpaired) electrons. The lowest BCUT2D eigenvalue weighted by Gasteiger charge is -2.05. The van der Waals surface area contributed by atoms with Gasteiger partial charge in [0.05, 0.1) is 16.0 Å². The number of nitrogens with one attached hydrogen (secondary N) is 1. The summed E-state index contributed by atoms with van der Waals surface area (Å²) in [5.74, 6) is -0.746. The topological polar surface area (TPSA) is 168 Å². The Bertz CT molecular complexity index is 926. The van der Waals surface area contributed by atoms with Crippen LogP contribution in [0.5, 0.6) is 11.5 Å². The molecule has 24 heavy (non-hydrogen) atoms. The number of anilines is 1. The first-order valence-electron chi connectivity index (χ1n) is 6.31. The Balaban J connectivity index is 2.31.